The van der Waals surface area contributed by atoms with Gasteiger partial charge in [0.15, 0.2) is 0 Å². The zero-order chi connectivity index (χ0) is 8.48. The number of nitrogens with zero attached hydrogens (tertiary/aromatic N) is 2. The van der Waals surface area contributed by atoms with Crippen molar-refractivity contribution in [2.45, 2.75) is 0 Å². The Morgan fingerprint density at radius 2 is 2.09 bits per heavy atom. The average molecular weight is 179 g/mol. The molecular formula is C5H13N3O2S. The molecule has 0 aliphatic carbocycles. The lowest BCUT2D eigenvalue weighted by Gasteiger charge is -2.13. The van der Waals surface area contributed by atoms with Gasteiger partial charge in [0.1, 0.15) is 0 Å². The van der Waals surface area contributed by atoms with Gasteiger partial charge in [-0.25, -0.2) is 0 Å². The van der Waals surface area contributed by atoms with Gasteiger partial charge in [0.2, 0.25) is 0 Å². The second-order valence-electron chi connectivity index (χ2n) is 2.52. The molecule has 1 rings (SSSR count). The predicted octanol–water partition coefficient (Wildman–Crippen LogP) is -1.56. The summed E-state index contributed by atoms with van der Waals surface area (Å²) in [6.45, 7) is 1.94. The van der Waals surface area contributed by atoms with Crippen molar-refractivity contribution >= 4 is 10.2 Å². The first-order valence-corrected chi connectivity index (χ1v) is 4.90. The van der Waals surface area contributed by atoms with E-state index in [0.29, 0.717) is 26.2 Å². The van der Waals surface area contributed by atoms with Crippen molar-refractivity contribution in [3.63, 3.8) is 0 Å². The second-order valence-corrected chi connectivity index (χ2v) is 4.55. The van der Waals surface area contributed by atoms with Crippen LogP contribution in [0, 0.1) is 0 Å². The van der Waals surface area contributed by atoms with E-state index in [2.05, 4.69) is 0 Å². The molecule has 0 aromatic carbocycles. The molecule has 0 atom stereocenters. The van der Waals surface area contributed by atoms with Crippen molar-refractivity contribution < 1.29 is 8.42 Å². The number of hydrogen-bond donors (Lipinski definition) is 1. The Hall–Kier alpha value is -0.170. The number of likely N-dealkylation sites (N-methyl/N-ethyl adjacent to an activating group) is 1. The van der Waals surface area contributed by atoms with Gasteiger partial charge in [0.25, 0.3) is 10.2 Å². The predicted molar refractivity (Wildman–Crippen MR) is 42.2 cm³/mol. The maximum absolute atomic E-state index is 11.3. The molecule has 0 unspecified atom stereocenters. The molecule has 0 saturated carbocycles. The molecule has 11 heavy (non-hydrogen) atoms. The van der Waals surface area contributed by atoms with Gasteiger partial charge in [-0.1, -0.05) is 0 Å². The van der Waals surface area contributed by atoms with Gasteiger partial charge in [0.05, 0.1) is 0 Å². The lowest BCUT2D eigenvalue weighted by molar-refractivity contribution is 0.456. The fraction of sp³-hybridized carbons (Fsp3) is 1.00. The molecule has 0 aromatic rings. The Labute approximate surface area is 66.9 Å². The minimum atomic E-state index is -3.14. The molecule has 1 saturated heterocycles. The van der Waals surface area contributed by atoms with Gasteiger partial charge in [0, 0.05) is 33.2 Å². The van der Waals surface area contributed by atoms with Crippen molar-refractivity contribution in [3.05, 3.63) is 0 Å². The van der Waals surface area contributed by atoms with Crippen LogP contribution in [0.3, 0.4) is 0 Å². The molecule has 1 fully saturated rings. The standard InChI is InChI=1S/C5H13N3O2S/c1-7-4-5-8(3-2-6)11(7,9)10/h2-6H2,1H3. The Balaban J connectivity index is 2.71. The Morgan fingerprint density at radius 3 is 2.45 bits per heavy atom. The van der Waals surface area contributed by atoms with Gasteiger partial charge >= 0.3 is 0 Å². The third-order valence-electron chi connectivity index (χ3n) is 1.76. The lowest BCUT2D eigenvalue weighted by atomic mass is 10.6. The van der Waals surface area contributed by atoms with Crippen LogP contribution in [0.2, 0.25) is 0 Å². The minimum Gasteiger partial charge on any atom is -0.329 e. The van der Waals surface area contributed by atoms with Gasteiger partial charge in [-0.2, -0.15) is 17.0 Å². The highest BCUT2D eigenvalue weighted by Crippen LogP contribution is 2.12. The van der Waals surface area contributed by atoms with Crippen molar-refractivity contribution in [1.82, 2.24) is 8.61 Å². The first kappa shape index (κ1) is 8.92. The SMILES string of the molecule is CN1CCN(CCN)S1(=O)=O. The molecule has 1 aliphatic heterocycles. The van der Waals surface area contributed by atoms with Crippen molar-refractivity contribution in [2.24, 2.45) is 5.73 Å². The lowest BCUT2D eigenvalue weighted by Crippen LogP contribution is -2.34. The Bertz CT molecular complexity index is 224. The number of hydrogen-bond acceptors (Lipinski definition) is 3. The van der Waals surface area contributed by atoms with Crippen molar-refractivity contribution in [2.75, 3.05) is 33.2 Å². The maximum Gasteiger partial charge on any atom is 0.281 e. The first-order chi connectivity index (χ1) is 5.09. The summed E-state index contributed by atoms with van der Waals surface area (Å²) >= 11 is 0. The van der Waals surface area contributed by atoms with Crippen LogP contribution in [-0.2, 0) is 10.2 Å². The summed E-state index contributed by atoms with van der Waals surface area (Å²) in [5.41, 5.74) is 5.25. The summed E-state index contributed by atoms with van der Waals surface area (Å²) in [5.74, 6) is 0. The molecule has 2 N–H and O–H groups in total. The molecule has 0 amide bonds. The normalized spacial score (nSPS) is 26.0. The van der Waals surface area contributed by atoms with E-state index in [1.807, 2.05) is 0 Å². The van der Waals surface area contributed by atoms with E-state index in [1.54, 1.807) is 7.05 Å². The van der Waals surface area contributed by atoms with Crippen LogP contribution in [0.25, 0.3) is 0 Å². The van der Waals surface area contributed by atoms with E-state index < -0.39 is 10.2 Å². The highest BCUT2D eigenvalue weighted by molar-refractivity contribution is 7.87. The minimum absolute atomic E-state index is 0.382. The Kier molecular flexibility index (Phi) is 2.48. The van der Waals surface area contributed by atoms with Crippen LogP contribution in [0.15, 0.2) is 0 Å². The summed E-state index contributed by atoms with van der Waals surface area (Å²) in [6, 6.07) is 0. The zero-order valence-electron chi connectivity index (χ0n) is 6.52. The molecule has 0 spiro atoms. The molecule has 1 heterocycles. The summed E-state index contributed by atoms with van der Waals surface area (Å²) < 4.78 is 25.3. The summed E-state index contributed by atoms with van der Waals surface area (Å²) in [6.07, 6.45) is 0. The summed E-state index contributed by atoms with van der Waals surface area (Å²) in [4.78, 5) is 0. The number of nitrogens with two attached hydrogens (primary N) is 1. The molecule has 0 bridgehead atoms. The largest absolute Gasteiger partial charge is 0.329 e. The summed E-state index contributed by atoms with van der Waals surface area (Å²) in [5, 5.41) is 0. The van der Waals surface area contributed by atoms with E-state index in [1.165, 1.54) is 8.61 Å². The Morgan fingerprint density at radius 1 is 1.45 bits per heavy atom. The van der Waals surface area contributed by atoms with Gasteiger partial charge in [-0.3, -0.25) is 0 Å². The zero-order valence-corrected chi connectivity index (χ0v) is 7.34. The fourth-order valence-corrected chi connectivity index (χ4v) is 2.41. The van der Waals surface area contributed by atoms with Crippen LogP contribution in [0.4, 0.5) is 0 Å². The second kappa shape index (κ2) is 3.06. The van der Waals surface area contributed by atoms with Gasteiger partial charge in [-0.05, 0) is 0 Å². The number of rotatable bonds is 2. The smallest absolute Gasteiger partial charge is 0.281 e. The summed E-state index contributed by atoms with van der Waals surface area (Å²) in [7, 11) is -1.57. The van der Waals surface area contributed by atoms with E-state index >= 15 is 0 Å². The average Bonchev–Trinajstić information content (AvgIpc) is 2.16. The van der Waals surface area contributed by atoms with E-state index in [9.17, 15) is 8.42 Å². The molecule has 5 nitrogen and oxygen atoms in total. The monoisotopic (exact) mass is 179 g/mol. The molecule has 1 aliphatic rings. The topological polar surface area (TPSA) is 66.6 Å². The highest BCUT2D eigenvalue weighted by atomic mass is 32.2. The third-order valence-corrected chi connectivity index (χ3v) is 3.75. The van der Waals surface area contributed by atoms with Crippen LogP contribution < -0.4 is 5.73 Å². The van der Waals surface area contributed by atoms with Crippen LogP contribution >= 0.6 is 0 Å². The fourth-order valence-electron chi connectivity index (χ4n) is 1.05. The van der Waals surface area contributed by atoms with Gasteiger partial charge < -0.3 is 5.73 Å². The van der Waals surface area contributed by atoms with Crippen molar-refractivity contribution in [3.8, 4) is 0 Å². The molecule has 66 valence electrons. The van der Waals surface area contributed by atoms with Crippen molar-refractivity contribution in [1.29, 1.82) is 0 Å². The van der Waals surface area contributed by atoms with Crippen LogP contribution in [0.5, 0.6) is 0 Å². The first-order valence-electron chi connectivity index (χ1n) is 3.50. The molecule has 0 aromatic heterocycles. The van der Waals surface area contributed by atoms with Crippen LogP contribution in [-0.4, -0.2) is 50.3 Å². The molecule has 6 heteroatoms. The molecular weight excluding hydrogens is 166 g/mol. The van der Waals surface area contributed by atoms with E-state index in [0.717, 1.165) is 0 Å². The van der Waals surface area contributed by atoms with Crippen LogP contribution in [0.1, 0.15) is 0 Å². The third kappa shape index (κ3) is 1.53. The maximum atomic E-state index is 11.3. The van der Waals surface area contributed by atoms with E-state index in [-0.39, 0.29) is 0 Å². The highest BCUT2D eigenvalue weighted by Gasteiger charge is 2.32. The molecule has 0 radical (unpaired) electrons. The van der Waals surface area contributed by atoms with E-state index in [4.69, 9.17) is 5.73 Å². The quantitative estimate of drug-likeness (QED) is 0.557. The van der Waals surface area contributed by atoms with Gasteiger partial charge in [-0.15, -0.1) is 0 Å².